The van der Waals surface area contributed by atoms with Crippen molar-refractivity contribution in [2.24, 2.45) is 11.8 Å². The molecule has 3 heteroatoms. The summed E-state index contributed by atoms with van der Waals surface area (Å²) in [6.45, 7) is 5.37. The van der Waals surface area contributed by atoms with Gasteiger partial charge in [-0.3, -0.25) is 0 Å². The zero-order valence-corrected chi connectivity index (χ0v) is 12.5. The van der Waals surface area contributed by atoms with Gasteiger partial charge in [0.1, 0.15) is 0 Å². The van der Waals surface area contributed by atoms with Crippen LogP contribution in [0.25, 0.3) is 0 Å². The Morgan fingerprint density at radius 2 is 2.10 bits per heavy atom. The quantitative estimate of drug-likeness (QED) is 0.913. The Bertz CT molecular complexity index is 429. The van der Waals surface area contributed by atoms with Crippen molar-refractivity contribution in [3.05, 3.63) is 29.8 Å². The largest absolute Gasteiger partial charge is 0.384 e. The van der Waals surface area contributed by atoms with Crippen LogP contribution in [0, 0.1) is 11.8 Å². The van der Waals surface area contributed by atoms with Gasteiger partial charge < -0.3 is 15.0 Å². The highest BCUT2D eigenvalue weighted by Crippen LogP contribution is 2.25. The van der Waals surface area contributed by atoms with E-state index in [1.807, 2.05) is 0 Å². The molecule has 0 radical (unpaired) electrons. The van der Waals surface area contributed by atoms with Crippen LogP contribution in [-0.2, 0) is 11.2 Å². The molecule has 0 aromatic heterocycles. The number of rotatable bonds is 4. The molecule has 20 heavy (non-hydrogen) atoms. The molecule has 2 aliphatic rings. The first-order chi connectivity index (χ1) is 9.81. The summed E-state index contributed by atoms with van der Waals surface area (Å²) < 4.78 is 5.58. The van der Waals surface area contributed by atoms with Gasteiger partial charge in [0, 0.05) is 31.9 Å². The van der Waals surface area contributed by atoms with Crippen LogP contribution < -0.4 is 5.32 Å². The Morgan fingerprint density at radius 1 is 1.25 bits per heavy atom. The lowest BCUT2D eigenvalue weighted by Gasteiger charge is -2.32. The first-order valence-electron chi connectivity index (χ1n) is 7.89. The minimum absolute atomic E-state index is 0.722. The highest BCUT2D eigenvalue weighted by molar-refractivity contribution is 5.53. The molecule has 1 saturated heterocycles. The van der Waals surface area contributed by atoms with Gasteiger partial charge in [0.15, 0.2) is 0 Å². The molecule has 1 fully saturated rings. The standard InChI is InChI=1S/C17H26N2O/c1-19(11-14-5-4-8-20-13-14)12-15-9-16-6-2-3-7-17(16)18-10-15/h2-3,6-7,14-15,18H,4-5,8-13H2,1H3. The third-order valence-electron chi connectivity index (χ3n) is 4.50. The fraction of sp³-hybridized carbons (Fsp3) is 0.647. The van der Waals surface area contributed by atoms with E-state index in [-0.39, 0.29) is 0 Å². The van der Waals surface area contributed by atoms with Crippen molar-refractivity contribution in [3.8, 4) is 0 Å². The van der Waals surface area contributed by atoms with Gasteiger partial charge >= 0.3 is 0 Å². The van der Waals surface area contributed by atoms with Crippen molar-refractivity contribution in [2.45, 2.75) is 19.3 Å². The molecule has 1 aromatic rings. The monoisotopic (exact) mass is 274 g/mol. The first-order valence-corrected chi connectivity index (χ1v) is 7.89. The number of anilines is 1. The van der Waals surface area contributed by atoms with Gasteiger partial charge in [-0.05, 0) is 49.8 Å². The molecule has 110 valence electrons. The summed E-state index contributed by atoms with van der Waals surface area (Å²) in [6, 6.07) is 8.70. The second-order valence-electron chi connectivity index (χ2n) is 6.41. The summed E-state index contributed by atoms with van der Waals surface area (Å²) in [5.74, 6) is 1.46. The van der Waals surface area contributed by atoms with Crippen LogP contribution in [0.1, 0.15) is 18.4 Å². The number of fused-ring (bicyclic) bond motifs is 1. The van der Waals surface area contributed by atoms with Crippen LogP contribution in [0.5, 0.6) is 0 Å². The van der Waals surface area contributed by atoms with E-state index >= 15 is 0 Å². The second-order valence-corrected chi connectivity index (χ2v) is 6.41. The Morgan fingerprint density at radius 3 is 2.95 bits per heavy atom. The number of para-hydroxylation sites is 1. The number of nitrogens with zero attached hydrogens (tertiary/aromatic N) is 1. The second kappa shape index (κ2) is 6.59. The summed E-state index contributed by atoms with van der Waals surface area (Å²) in [4.78, 5) is 2.50. The maximum Gasteiger partial charge on any atom is 0.0506 e. The van der Waals surface area contributed by atoms with Crippen LogP contribution in [-0.4, -0.2) is 44.8 Å². The Hall–Kier alpha value is -1.06. The van der Waals surface area contributed by atoms with Crippen molar-refractivity contribution in [2.75, 3.05) is 45.2 Å². The summed E-state index contributed by atoms with van der Waals surface area (Å²) in [6.07, 6.45) is 3.77. The average molecular weight is 274 g/mol. The molecule has 2 heterocycles. The molecule has 2 atom stereocenters. The molecule has 2 aliphatic heterocycles. The molecular formula is C17H26N2O. The van der Waals surface area contributed by atoms with Gasteiger partial charge in [-0.15, -0.1) is 0 Å². The van der Waals surface area contributed by atoms with Crippen LogP contribution in [0.2, 0.25) is 0 Å². The van der Waals surface area contributed by atoms with Gasteiger partial charge in [-0.2, -0.15) is 0 Å². The highest BCUT2D eigenvalue weighted by atomic mass is 16.5. The SMILES string of the molecule is CN(CC1CCCOC1)CC1CNc2ccccc2C1. The average Bonchev–Trinajstić information content (AvgIpc) is 2.48. The summed E-state index contributed by atoms with van der Waals surface area (Å²) in [5, 5.41) is 3.57. The van der Waals surface area contributed by atoms with Gasteiger partial charge in [-0.1, -0.05) is 18.2 Å². The zero-order valence-electron chi connectivity index (χ0n) is 12.5. The van der Waals surface area contributed by atoms with E-state index in [2.05, 4.69) is 41.5 Å². The van der Waals surface area contributed by atoms with Gasteiger partial charge in [0.05, 0.1) is 6.61 Å². The van der Waals surface area contributed by atoms with E-state index in [1.54, 1.807) is 0 Å². The Labute approximate surface area is 122 Å². The lowest BCUT2D eigenvalue weighted by atomic mass is 9.93. The smallest absolute Gasteiger partial charge is 0.0506 e. The first kappa shape index (κ1) is 13.9. The molecule has 3 rings (SSSR count). The fourth-order valence-electron chi connectivity index (χ4n) is 3.54. The summed E-state index contributed by atoms with van der Waals surface area (Å²) >= 11 is 0. The zero-order chi connectivity index (χ0) is 13.8. The van der Waals surface area contributed by atoms with Gasteiger partial charge in [0.2, 0.25) is 0 Å². The molecule has 3 nitrogen and oxygen atoms in total. The van der Waals surface area contributed by atoms with E-state index < -0.39 is 0 Å². The lowest BCUT2D eigenvalue weighted by molar-refractivity contribution is 0.0403. The highest BCUT2D eigenvalue weighted by Gasteiger charge is 2.21. The summed E-state index contributed by atoms with van der Waals surface area (Å²) in [5.41, 5.74) is 2.80. The molecule has 0 saturated carbocycles. The minimum atomic E-state index is 0.722. The predicted molar refractivity (Wildman–Crippen MR) is 83.2 cm³/mol. The Kier molecular flexibility index (Phi) is 4.58. The van der Waals surface area contributed by atoms with Crippen LogP contribution in [0.15, 0.2) is 24.3 Å². The predicted octanol–water partition coefficient (Wildman–Crippen LogP) is 2.63. The number of benzene rings is 1. The van der Waals surface area contributed by atoms with E-state index in [4.69, 9.17) is 4.74 Å². The van der Waals surface area contributed by atoms with Crippen molar-refractivity contribution in [1.82, 2.24) is 4.90 Å². The van der Waals surface area contributed by atoms with Gasteiger partial charge in [-0.25, -0.2) is 0 Å². The molecule has 1 N–H and O–H groups in total. The third-order valence-corrected chi connectivity index (χ3v) is 4.50. The maximum absolute atomic E-state index is 5.58. The van der Waals surface area contributed by atoms with E-state index in [0.29, 0.717) is 0 Å². The fourth-order valence-corrected chi connectivity index (χ4v) is 3.54. The topological polar surface area (TPSA) is 24.5 Å². The number of nitrogens with one attached hydrogen (secondary N) is 1. The molecule has 0 bridgehead atoms. The molecule has 1 aromatic carbocycles. The van der Waals surface area contributed by atoms with Crippen LogP contribution in [0.3, 0.4) is 0 Å². The van der Waals surface area contributed by atoms with Crippen molar-refractivity contribution in [3.63, 3.8) is 0 Å². The Balaban J connectivity index is 1.48. The lowest BCUT2D eigenvalue weighted by Crippen LogP contribution is -2.37. The van der Waals surface area contributed by atoms with Crippen molar-refractivity contribution in [1.29, 1.82) is 0 Å². The van der Waals surface area contributed by atoms with E-state index in [1.165, 1.54) is 43.6 Å². The number of ether oxygens (including phenoxy) is 1. The molecular weight excluding hydrogens is 248 g/mol. The minimum Gasteiger partial charge on any atom is -0.384 e. The van der Waals surface area contributed by atoms with Gasteiger partial charge in [0.25, 0.3) is 0 Å². The van der Waals surface area contributed by atoms with Crippen molar-refractivity contribution >= 4 is 5.69 Å². The normalized spacial score (nSPS) is 26.1. The molecule has 2 unspecified atom stereocenters. The molecule has 0 aliphatic carbocycles. The third kappa shape index (κ3) is 3.53. The maximum atomic E-state index is 5.58. The molecule has 0 amide bonds. The number of hydrogen-bond donors (Lipinski definition) is 1. The number of hydrogen-bond acceptors (Lipinski definition) is 3. The summed E-state index contributed by atoms with van der Waals surface area (Å²) in [7, 11) is 2.26. The molecule has 0 spiro atoms. The van der Waals surface area contributed by atoms with Crippen molar-refractivity contribution < 1.29 is 4.74 Å². The van der Waals surface area contributed by atoms with E-state index in [0.717, 1.165) is 31.6 Å². The van der Waals surface area contributed by atoms with E-state index in [9.17, 15) is 0 Å². The van der Waals surface area contributed by atoms with Crippen LogP contribution >= 0.6 is 0 Å². The van der Waals surface area contributed by atoms with Crippen LogP contribution in [0.4, 0.5) is 5.69 Å².